The quantitative estimate of drug-likeness (QED) is 0.826. The van der Waals surface area contributed by atoms with Crippen LogP contribution in [0.15, 0.2) is 6.20 Å². The number of hydrogen-bond acceptors (Lipinski definition) is 3. The van der Waals surface area contributed by atoms with Crippen molar-refractivity contribution >= 4 is 11.9 Å². The Balaban J connectivity index is 2.67. The summed E-state index contributed by atoms with van der Waals surface area (Å²) in [6.07, 6.45) is 2.12. The predicted molar refractivity (Wildman–Crippen MR) is 75.6 cm³/mol. The number of aliphatic carboxylic acids is 1. The Labute approximate surface area is 119 Å². The molecule has 1 aromatic rings. The molecule has 0 saturated heterocycles. The van der Waals surface area contributed by atoms with Crippen LogP contribution >= 0.6 is 0 Å². The number of hydrogen-bond donors (Lipinski definition) is 1. The Bertz CT molecular complexity index is 480. The average molecular weight is 281 g/mol. The lowest BCUT2D eigenvalue weighted by Gasteiger charge is -2.16. The first kappa shape index (κ1) is 16.2. The zero-order chi connectivity index (χ0) is 15.3. The highest BCUT2D eigenvalue weighted by molar-refractivity contribution is 5.94. The van der Waals surface area contributed by atoms with Gasteiger partial charge in [0.15, 0.2) is 0 Å². The fourth-order valence-electron chi connectivity index (χ4n) is 1.96. The van der Waals surface area contributed by atoms with Gasteiger partial charge in [-0.05, 0) is 19.3 Å². The van der Waals surface area contributed by atoms with Crippen LogP contribution in [-0.4, -0.2) is 45.3 Å². The Kier molecular flexibility index (Phi) is 5.73. The molecule has 0 saturated carbocycles. The standard InChI is InChI=1S/C14H23N3O3/c1-10(2)9-17-11(3)12(8-15-17)14(20)16(4)7-5-6-13(18)19/h8,10H,5-7,9H2,1-4H3,(H,18,19). The molecule has 0 aromatic carbocycles. The molecule has 112 valence electrons. The van der Waals surface area contributed by atoms with Crippen LogP contribution in [0.2, 0.25) is 0 Å². The van der Waals surface area contributed by atoms with Gasteiger partial charge in [0.25, 0.3) is 5.91 Å². The largest absolute Gasteiger partial charge is 0.481 e. The lowest BCUT2D eigenvalue weighted by molar-refractivity contribution is -0.137. The van der Waals surface area contributed by atoms with Crippen LogP contribution < -0.4 is 0 Å². The molecule has 1 heterocycles. The fourth-order valence-corrected chi connectivity index (χ4v) is 1.96. The average Bonchev–Trinajstić information content (AvgIpc) is 2.69. The second-order valence-corrected chi connectivity index (χ2v) is 5.44. The van der Waals surface area contributed by atoms with Crippen molar-refractivity contribution in [3.8, 4) is 0 Å². The summed E-state index contributed by atoms with van der Waals surface area (Å²) >= 11 is 0. The third-order valence-electron chi connectivity index (χ3n) is 3.10. The monoisotopic (exact) mass is 281 g/mol. The van der Waals surface area contributed by atoms with Crippen LogP contribution in [0.5, 0.6) is 0 Å². The second-order valence-electron chi connectivity index (χ2n) is 5.44. The molecule has 1 amide bonds. The first-order valence-corrected chi connectivity index (χ1v) is 6.82. The number of carboxylic acids is 1. The van der Waals surface area contributed by atoms with E-state index in [1.165, 1.54) is 0 Å². The van der Waals surface area contributed by atoms with E-state index >= 15 is 0 Å². The molecular weight excluding hydrogens is 258 g/mol. The van der Waals surface area contributed by atoms with E-state index in [4.69, 9.17) is 5.11 Å². The molecule has 0 radical (unpaired) electrons. The molecule has 0 aliphatic rings. The molecule has 6 nitrogen and oxygen atoms in total. The number of carboxylic acid groups (broad SMARTS) is 1. The van der Waals surface area contributed by atoms with Crippen molar-refractivity contribution in [1.82, 2.24) is 14.7 Å². The van der Waals surface area contributed by atoms with Gasteiger partial charge in [0.05, 0.1) is 11.8 Å². The molecule has 0 aliphatic heterocycles. The molecule has 0 bridgehead atoms. The van der Waals surface area contributed by atoms with Gasteiger partial charge in [-0.15, -0.1) is 0 Å². The first-order chi connectivity index (χ1) is 9.32. The molecule has 6 heteroatoms. The van der Waals surface area contributed by atoms with Crippen LogP contribution in [0.1, 0.15) is 42.7 Å². The first-order valence-electron chi connectivity index (χ1n) is 6.82. The van der Waals surface area contributed by atoms with E-state index in [-0.39, 0.29) is 12.3 Å². The van der Waals surface area contributed by atoms with Crippen LogP contribution in [0.4, 0.5) is 0 Å². The van der Waals surface area contributed by atoms with Crippen molar-refractivity contribution in [2.45, 2.75) is 40.2 Å². The zero-order valence-electron chi connectivity index (χ0n) is 12.6. The number of carbonyl (C=O) groups excluding carboxylic acids is 1. The summed E-state index contributed by atoms with van der Waals surface area (Å²) in [7, 11) is 1.68. The maximum Gasteiger partial charge on any atom is 0.303 e. The van der Waals surface area contributed by atoms with Gasteiger partial charge >= 0.3 is 5.97 Å². The van der Waals surface area contributed by atoms with Crippen molar-refractivity contribution in [2.75, 3.05) is 13.6 Å². The van der Waals surface area contributed by atoms with Gasteiger partial charge < -0.3 is 10.0 Å². The number of rotatable bonds is 7. The van der Waals surface area contributed by atoms with Crippen LogP contribution in [0, 0.1) is 12.8 Å². The van der Waals surface area contributed by atoms with Gasteiger partial charge in [0.1, 0.15) is 0 Å². The molecule has 0 spiro atoms. The minimum absolute atomic E-state index is 0.0726. The Morgan fingerprint density at radius 3 is 2.65 bits per heavy atom. The highest BCUT2D eigenvalue weighted by Gasteiger charge is 2.18. The normalized spacial score (nSPS) is 10.8. The number of aromatic nitrogens is 2. The van der Waals surface area contributed by atoms with Gasteiger partial charge in [0.2, 0.25) is 0 Å². The maximum absolute atomic E-state index is 12.3. The predicted octanol–water partition coefficient (Wildman–Crippen LogP) is 1.78. The topological polar surface area (TPSA) is 75.4 Å². The van der Waals surface area contributed by atoms with Gasteiger partial charge in [0, 0.05) is 32.3 Å². The molecule has 1 rings (SSSR count). The molecule has 1 aromatic heterocycles. The van der Waals surface area contributed by atoms with E-state index in [1.54, 1.807) is 18.1 Å². The van der Waals surface area contributed by atoms with E-state index < -0.39 is 5.97 Å². The second kappa shape index (κ2) is 7.07. The van der Waals surface area contributed by atoms with Crippen molar-refractivity contribution in [3.63, 3.8) is 0 Å². The highest BCUT2D eigenvalue weighted by atomic mass is 16.4. The van der Waals surface area contributed by atoms with E-state index in [2.05, 4.69) is 18.9 Å². The van der Waals surface area contributed by atoms with Gasteiger partial charge in [-0.2, -0.15) is 5.10 Å². The number of nitrogens with zero attached hydrogens (tertiary/aromatic N) is 3. The zero-order valence-corrected chi connectivity index (χ0v) is 12.6. The summed E-state index contributed by atoms with van der Waals surface area (Å²) in [6, 6.07) is 0. The van der Waals surface area contributed by atoms with Crippen molar-refractivity contribution in [3.05, 3.63) is 17.5 Å². The lowest BCUT2D eigenvalue weighted by atomic mass is 10.2. The van der Waals surface area contributed by atoms with Crippen LogP contribution in [-0.2, 0) is 11.3 Å². The number of carbonyl (C=O) groups is 2. The Morgan fingerprint density at radius 2 is 2.10 bits per heavy atom. The summed E-state index contributed by atoms with van der Waals surface area (Å²) in [5.41, 5.74) is 1.44. The van der Waals surface area contributed by atoms with Crippen LogP contribution in [0.3, 0.4) is 0 Å². The van der Waals surface area contributed by atoms with Crippen molar-refractivity contribution in [1.29, 1.82) is 0 Å². The maximum atomic E-state index is 12.3. The van der Waals surface area contributed by atoms with Crippen molar-refractivity contribution in [2.24, 2.45) is 5.92 Å². The van der Waals surface area contributed by atoms with E-state index in [9.17, 15) is 9.59 Å². The summed E-state index contributed by atoms with van der Waals surface area (Å²) in [5.74, 6) is -0.487. The molecule has 0 unspecified atom stereocenters. The van der Waals surface area contributed by atoms with E-state index in [0.717, 1.165) is 12.2 Å². The summed E-state index contributed by atoms with van der Waals surface area (Å²) in [5, 5.41) is 12.8. The molecule has 20 heavy (non-hydrogen) atoms. The van der Waals surface area contributed by atoms with Gasteiger partial charge in [-0.1, -0.05) is 13.8 Å². The number of amides is 1. The SMILES string of the molecule is Cc1c(C(=O)N(C)CCCC(=O)O)cnn1CC(C)C. The fraction of sp³-hybridized carbons (Fsp3) is 0.643. The third kappa shape index (κ3) is 4.36. The lowest BCUT2D eigenvalue weighted by Crippen LogP contribution is -2.28. The molecule has 0 aliphatic carbocycles. The minimum Gasteiger partial charge on any atom is -0.481 e. The highest BCUT2D eigenvalue weighted by Crippen LogP contribution is 2.12. The van der Waals surface area contributed by atoms with E-state index in [0.29, 0.717) is 24.4 Å². The Morgan fingerprint density at radius 1 is 1.45 bits per heavy atom. The third-order valence-corrected chi connectivity index (χ3v) is 3.10. The van der Waals surface area contributed by atoms with Gasteiger partial charge in [-0.25, -0.2) is 0 Å². The Hall–Kier alpha value is -1.85. The minimum atomic E-state index is -0.841. The molecule has 0 fully saturated rings. The van der Waals surface area contributed by atoms with Crippen LogP contribution in [0.25, 0.3) is 0 Å². The smallest absolute Gasteiger partial charge is 0.303 e. The summed E-state index contributed by atoms with van der Waals surface area (Å²) in [6.45, 7) is 7.29. The molecule has 1 N–H and O–H groups in total. The summed E-state index contributed by atoms with van der Waals surface area (Å²) < 4.78 is 1.84. The van der Waals surface area contributed by atoms with Gasteiger partial charge in [-0.3, -0.25) is 14.3 Å². The van der Waals surface area contributed by atoms with Crippen molar-refractivity contribution < 1.29 is 14.7 Å². The molecular formula is C14H23N3O3. The van der Waals surface area contributed by atoms with E-state index in [1.807, 2.05) is 11.6 Å². The molecule has 0 atom stereocenters. The summed E-state index contributed by atoms with van der Waals surface area (Å²) in [4.78, 5) is 24.3.